The lowest BCUT2D eigenvalue weighted by atomic mass is 10.1. The number of nitrogens with zero attached hydrogens (tertiary/aromatic N) is 1. The van der Waals surface area contributed by atoms with Crippen molar-refractivity contribution >= 4 is 29.2 Å². The Balaban J connectivity index is 1.71. The third-order valence-electron chi connectivity index (χ3n) is 4.11. The Hall–Kier alpha value is -3.35. The summed E-state index contributed by atoms with van der Waals surface area (Å²) in [6.07, 6.45) is -0.839. The zero-order valence-corrected chi connectivity index (χ0v) is 15.1. The first-order valence-electron chi connectivity index (χ1n) is 8.61. The van der Waals surface area contributed by atoms with Gasteiger partial charge >= 0.3 is 5.97 Å². The number of carbonyl (C=O) groups excluding carboxylic acids is 3. The molecule has 0 aliphatic carbocycles. The number of nitrogens with one attached hydrogen (secondary N) is 1. The van der Waals surface area contributed by atoms with Gasteiger partial charge in [0, 0.05) is 12.6 Å². The predicted molar refractivity (Wildman–Crippen MR) is 99.9 cm³/mol. The van der Waals surface area contributed by atoms with Crippen LogP contribution in [-0.2, 0) is 14.3 Å². The number of rotatable bonds is 4. The third-order valence-corrected chi connectivity index (χ3v) is 4.11. The number of carbonyl (C=O) groups is 3. The molecule has 0 saturated carbocycles. The molecule has 0 bridgehead atoms. The molecule has 2 aromatic carbocycles. The molecule has 0 spiro atoms. The average Bonchev–Trinajstić information content (AvgIpc) is 2.67. The van der Waals surface area contributed by atoms with Gasteiger partial charge in [-0.25, -0.2) is 4.79 Å². The molecule has 0 fully saturated rings. The first kappa shape index (κ1) is 18.4. The molecule has 0 radical (unpaired) electrons. The van der Waals surface area contributed by atoms with E-state index in [4.69, 9.17) is 9.47 Å². The maximum absolute atomic E-state index is 12.6. The van der Waals surface area contributed by atoms with E-state index in [9.17, 15) is 14.4 Å². The summed E-state index contributed by atoms with van der Waals surface area (Å²) in [7, 11) is 0. The Kier molecular flexibility index (Phi) is 5.40. The van der Waals surface area contributed by atoms with Gasteiger partial charge in [-0.3, -0.25) is 9.59 Å². The van der Waals surface area contributed by atoms with E-state index in [0.29, 0.717) is 29.3 Å². The zero-order chi connectivity index (χ0) is 19.4. The smallest absolute Gasteiger partial charge is 0.338 e. The Morgan fingerprint density at radius 3 is 2.52 bits per heavy atom. The summed E-state index contributed by atoms with van der Waals surface area (Å²) in [4.78, 5) is 37.7. The fourth-order valence-corrected chi connectivity index (χ4v) is 2.80. The highest BCUT2D eigenvalue weighted by Gasteiger charge is 2.32. The molecular formula is C20H20N2O5. The molecule has 2 amide bonds. The van der Waals surface area contributed by atoms with E-state index in [1.165, 1.54) is 11.8 Å². The van der Waals surface area contributed by atoms with E-state index in [1.807, 2.05) is 6.07 Å². The van der Waals surface area contributed by atoms with Crippen LogP contribution in [0.15, 0.2) is 48.5 Å². The molecule has 1 aliphatic rings. The fourth-order valence-electron chi connectivity index (χ4n) is 2.80. The normalized spacial score (nSPS) is 15.3. The summed E-state index contributed by atoms with van der Waals surface area (Å²) >= 11 is 0. The highest BCUT2D eigenvalue weighted by Crippen LogP contribution is 2.33. The topological polar surface area (TPSA) is 84.9 Å². The number of benzene rings is 2. The number of ether oxygens (including phenoxy) is 2. The molecule has 1 N–H and O–H groups in total. The van der Waals surface area contributed by atoms with Crippen LogP contribution in [0.3, 0.4) is 0 Å². The predicted octanol–water partition coefficient (Wildman–Crippen LogP) is 2.62. The van der Waals surface area contributed by atoms with E-state index in [2.05, 4.69) is 5.32 Å². The number of hydrogen-bond acceptors (Lipinski definition) is 5. The minimum absolute atomic E-state index is 0.124. The first-order chi connectivity index (χ1) is 13.0. The minimum Gasteiger partial charge on any atom is -0.476 e. The highest BCUT2D eigenvalue weighted by atomic mass is 16.5. The molecule has 140 valence electrons. The summed E-state index contributed by atoms with van der Waals surface area (Å²) in [6.45, 7) is 3.61. The number of anilines is 2. The van der Waals surface area contributed by atoms with Crippen LogP contribution in [0.4, 0.5) is 11.4 Å². The maximum atomic E-state index is 12.6. The van der Waals surface area contributed by atoms with Gasteiger partial charge in [-0.05, 0) is 43.3 Å². The average molecular weight is 368 g/mol. The van der Waals surface area contributed by atoms with Crippen molar-refractivity contribution < 1.29 is 23.9 Å². The summed E-state index contributed by atoms with van der Waals surface area (Å²) in [6, 6.07) is 13.5. The molecule has 2 aromatic rings. The lowest BCUT2D eigenvalue weighted by Crippen LogP contribution is -2.48. The van der Waals surface area contributed by atoms with Gasteiger partial charge in [-0.1, -0.05) is 12.1 Å². The van der Waals surface area contributed by atoms with E-state index in [-0.39, 0.29) is 18.4 Å². The van der Waals surface area contributed by atoms with Gasteiger partial charge in [0.1, 0.15) is 5.75 Å². The summed E-state index contributed by atoms with van der Waals surface area (Å²) in [5, 5.41) is 2.75. The lowest BCUT2D eigenvalue weighted by Gasteiger charge is -2.33. The second-order valence-corrected chi connectivity index (χ2v) is 5.99. The van der Waals surface area contributed by atoms with Gasteiger partial charge < -0.3 is 19.7 Å². The monoisotopic (exact) mass is 368 g/mol. The highest BCUT2D eigenvalue weighted by molar-refractivity contribution is 5.99. The molecule has 7 nitrogen and oxygen atoms in total. The molecule has 0 aromatic heterocycles. The summed E-state index contributed by atoms with van der Waals surface area (Å²) in [5.41, 5.74) is 1.57. The zero-order valence-electron chi connectivity index (χ0n) is 15.1. The van der Waals surface area contributed by atoms with Crippen LogP contribution >= 0.6 is 0 Å². The number of amides is 2. The van der Waals surface area contributed by atoms with Crippen LogP contribution < -0.4 is 15.0 Å². The summed E-state index contributed by atoms with van der Waals surface area (Å²) < 4.78 is 10.7. The molecule has 3 rings (SSSR count). The van der Waals surface area contributed by atoms with Gasteiger partial charge in [0.25, 0.3) is 5.91 Å². The number of esters is 1. The minimum atomic E-state index is -0.839. The Morgan fingerprint density at radius 1 is 1.15 bits per heavy atom. The molecule has 1 aliphatic heterocycles. The second kappa shape index (κ2) is 7.90. The molecule has 7 heteroatoms. The largest absolute Gasteiger partial charge is 0.476 e. The maximum Gasteiger partial charge on any atom is 0.338 e. The van der Waals surface area contributed by atoms with Crippen LogP contribution in [0.2, 0.25) is 0 Å². The van der Waals surface area contributed by atoms with Crippen LogP contribution in [0.25, 0.3) is 0 Å². The molecule has 1 heterocycles. The molecule has 27 heavy (non-hydrogen) atoms. The second-order valence-electron chi connectivity index (χ2n) is 5.99. The fraction of sp³-hybridized carbons (Fsp3) is 0.250. The van der Waals surface area contributed by atoms with Crippen LogP contribution in [0.5, 0.6) is 5.75 Å². The van der Waals surface area contributed by atoms with Crippen molar-refractivity contribution in [1.82, 2.24) is 0 Å². The van der Waals surface area contributed by atoms with Gasteiger partial charge in [0.05, 0.1) is 24.4 Å². The molecular weight excluding hydrogens is 348 g/mol. The SMILES string of the molecule is CCOC(=O)c1ccc(NC(=O)[C@@H]2CN(C(C)=O)c3ccccc3O2)cc1. The Labute approximate surface area is 156 Å². The van der Waals surface area contributed by atoms with Crippen molar-refractivity contribution in [3.63, 3.8) is 0 Å². The van der Waals surface area contributed by atoms with E-state index < -0.39 is 12.1 Å². The number of para-hydroxylation sites is 2. The van der Waals surface area contributed by atoms with Crippen LogP contribution in [0.1, 0.15) is 24.2 Å². The van der Waals surface area contributed by atoms with Crippen molar-refractivity contribution in [3.05, 3.63) is 54.1 Å². The molecule has 0 saturated heterocycles. The van der Waals surface area contributed by atoms with Crippen molar-refractivity contribution in [2.75, 3.05) is 23.4 Å². The van der Waals surface area contributed by atoms with Crippen molar-refractivity contribution in [3.8, 4) is 5.75 Å². The number of fused-ring (bicyclic) bond motifs is 1. The van der Waals surface area contributed by atoms with Gasteiger partial charge in [0.15, 0.2) is 6.10 Å². The molecule has 0 unspecified atom stereocenters. The van der Waals surface area contributed by atoms with Gasteiger partial charge in [0.2, 0.25) is 5.91 Å². The quantitative estimate of drug-likeness (QED) is 0.839. The van der Waals surface area contributed by atoms with Gasteiger partial charge in [-0.15, -0.1) is 0 Å². The Bertz CT molecular complexity index is 863. The summed E-state index contributed by atoms with van der Waals surface area (Å²) in [5.74, 6) is -0.474. The van der Waals surface area contributed by atoms with E-state index in [1.54, 1.807) is 49.4 Å². The van der Waals surface area contributed by atoms with E-state index >= 15 is 0 Å². The Morgan fingerprint density at radius 2 is 1.85 bits per heavy atom. The van der Waals surface area contributed by atoms with E-state index in [0.717, 1.165) is 0 Å². The van der Waals surface area contributed by atoms with Crippen molar-refractivity contribution in [2.45, 2.75) is 20.0 Å². The third kappa shape index (κ3) is 4.08. The van der Waals surface area contributed by atoms with Crippen LogP contribution in [-0.4, -0.2) is 37.0 Å². The van der Waals surface area contributed by atoms with Gasteiger partial charge in [-0.2, -0.15) is 0 Å². The lowest BCUT2D eigenvalue weighted by molar-refractivity contribution is -0.123. The number of hydrogen-bond donors (Lipinski definition) is 1. The van der Waals surface area contributed by atoms with Crippen molar-refractivity contribution in [2.24, 2.45) is 0 Å². The van der Waals surface area contributed by atoms with Crippen LogP contribution in [0, 0.1) is 0 Å². The first-order valence-corrected chi connectivity index (χ1v) is 8.61. The van der Waals surface area contributed by atoms with Crippen molar-refractivity contribution in [1.29, 1.82) is 0 Å². The molecule has 1 atom stereocenters. The standard InChI is InChI=1S/C20H20N2O5/c1-3-26-20(25)14-8-10-15(11-9-14)21-19(24)18-12-22(13(2)23)16-6-4-5-7-17(16)27-18/h4-11,18H,3,12H2,1-2H3,(H,21,24)/t18-/m0/s1.